The molecule has 1 heterocycles. The average Bonchev–Trinajstić information content (AvgIpc) is 2.04. The molecule has 0 aliphatic carbocycles. The standard InChI is InChI=1S/C8H10ClN3/c1-5(10)8-6(11-2)3-4-7(9)12-8/h3-4,10-11H,1-2H3. The summed E-state index contributed by atoms with van der Waals surface area (Å²) in [4.78, 5) is 4.02. The molecule has 0 atom stereocenters. The van der Waals surface area contributed by atoms with E-state index in [2.05, 4.69) is 10.3 Å². The first kappa shape index (κ1) is 9.00. The van der Waals surface area contributed by atoms with E-state index in [-0.39, 0.29) is 0 Å². The fourth-order valence-electron chi connectivity index (χ4n) is 0.923. The fraction of sp³-hybridized carbons (Fsp3) is 0.250. The number of nitrogens with zero attached hydrogens (tertiary/aromatic N) is 1. The summed E-state index contributed by atoms with van der Waals surface area (Å²) in [5, 5.41) is 10.8. The molecule has 0 unspecified atom stereocenters. The molecular formula is C8H10ClN3. The van der Waals surface area contributed by atoms with E-state index in [0.29, 0.717) is 16.6 Å². The van der Waals surface area contributed by atoms with E-state index < -0.39 is 0 Å². The lowest BCUT2D eigenvalue weighted by Gasteiger charge is -2.05. The molecule has 0 aliphatic heterocycles. The Bertz CT molecular complexity index is 309. The number of pyridine rings is 1. The van der Waals surface area contributed by atoms with Gasteiger partial charge < -0.3 is 10.7 Å². The number of halogens is 1. The first-order valence-corrected chi connectivity index (χ1v) is 3.92. The van der Waals surface area contributed by atoms with Crippen LogP contribution in [0, 0.1) is 5.41 Å². The number of anilines is 1. The van der Waals surface area contributed by atoms with Gasteiger partial charge in [-0.1, -0.05) is 11.6 Å². The summed E-state index contributed by atoms with van der Waals surface area (Å²) in [5.74, 6) is 0. The van der Waals surface area contributed by atoms with Crippen LogP contribution < -0.4 is 5.32 Å². The van der Waals surface area contributed by atoms with Gasteiger partial charge in [0.15, 0.2) is 0 Å². The zero-order valence-corrected chi connectivity index (χ0v) is 7.74. The summed E-state index contributed by atoms with van der Waals surface area (Å²) in [5.41, 5.74) is 1.83. The number of aromatic nitrogens is 1. The third kappa shape index (κ3) is 1.74. The van der Waals surface area contributed by atoms with E-state index in [1.54, 1.807) is 20.0 Å². The highest BCUT2D eigenvalue weighted by atomic mass is 35.5. The van der Waals surface area contributed by atoms with Gasteiger partial charge in [0.05, 0.1) is 11.4 Å². The number of hydrogen-bond donors (Lipinski definition) is 2. The van der Waals surface area contributed by atoms with Crippen LogP contribution in [0.4, 0.5) is 5.69 Å². The molecule has 0 bridgehead atoms. The van der Waals surface area contributed by atoms with Gasteiger partial charge in [0.1, 0.15) is 10.8 Å². The molecule has 1 aromatic heterocycles. The van der Waals surface area contributed by atoms with Crippen LogP contribution in [0.1, 0.15) is 12.6 Å². The van der Waals surface area contributed by atoms with E-state index in [4.69, 9.17) is 17.0 Å². The molecular weight excluding hydrogens is 174 g/mol. The Hall–Kier alpha value is -1.09. The van der Waals surface area contributed by atoms with E-state index in [0.717, 1.165) is 5.69 Å². The van der Waals surface area contributed by atoms with Crippen LogP contribution in [0.2, 0.25) is 5.15 Å². The van der Waals surface area contributed by atoms with Crippen molar-refractivity contribution in [2.24, 2.45) is 0 Å². The van der Waals surface area contributed by atoms with Crippen molar-refractivity contribution in [2.45, 2.75) is 6.92 Å². The summed E-state index contributed by atoms with van der Waals surface area (Å²) in [6, 6.07) is 3.50. The topological polar surface area (TPSA) is 48.8 Å². The minimum absolute atomic E-state index is 0.404. The van der Waals surface area contributed by atoms with Crippen LogP contribution in [0.15, 0.2) is 12.1 Å². The highest BCUT2D eigenvalue weighted by molar-refractivity contribution is 6.29. The Morgan fingerprint density at radius 3 is 2.75 bits per heavy atom. The molecule has 0 radical (unpaired) electrons. The van der Waals surface area contributed by atoms with Crippen molar-refractivity contribution < 1.29 is 0 Å². The third-order valence-corrected chi connectivity index (χ3v) is 1.70. The maximum Gasteiger partial charge on any atom is 0.129 e. The van der Waals surface area contributed by atoms with Crippen LogP contribution >= 0.6 is 11.6 Å². The van der Waals surface area contributed by atoms with Gasteiger partial charge in [-0.05, 0) is 19.1 Å². The van der Waals surface area contributed by atoms with E-state index in [1.807, 2.05) is 6.07 Å². The normalized spacial score (nSPS) is 9.58. The number of nitrogens with one attached hydrogen (secondary N) is 2. The molecule has 12 heavy (non-hydrogen) atoms. The van der Waals surface area contributed by atoms with Crippen LogP contribution in [-0.2, 0) is 0 Å². The van der Waals surface area contributed by atoms with Crippen LogP contribution in [-0.4, -0.2) is 17.7 Å². The Morgan fingerprint density at radius 2 is 2.25 bits per heavy atom. The minimum Gasteiger partial charge on any atom is -0.386 e. The van der Waals surface area contributed by atoms with Gasteiger partial charge in [-0.15, -0.1) is 0 Å². The van der Waals surface area contributed by atoms with E-state index >= 15 is 0 Å². The van der Waals surface area contributed by atoms with Crippen molar-refractivity contribution in [2.75, 3.05) is 12.4 Å². The summed E-state index contributed by atoms with van der Waals surface area (Å²) in [6.45, 7) is 1.68. The van der Waals surface area contributed by atoms with Crippen molar-refractivity contribution in [3.63, 3.8) is 0 Å². The maximum atomic E-state index is 7.42. The molecule has 3 nitrogen and oxygen atoms in total. The Kier molecular flexibility index (Phi) is 2.65. The molecule has 1 aromatic rings. The zero-order chi connectivity index (χ0) is 9.14. The first-order valence-electron chi connectivity index (χ1n) is 3.55. The number of rotatable bonds is 2. The van der Waals surface area contributed by atoms with Gasteiger partial charge in [0.2, 0.25) is 0 Å². The van der Waals surface area contributed by atoms with Crippen LogP contribution in [0.25, 0.3) is 0 Å². The van der Waals surface area contributed by atoms with Gasteiger partial charge in [-0.3, -0.25) is 0 Å². The lowest BCUT2D eigenvalue weighted by Crippen LogP contribution is -2.03. The zero-order valence-electron chi connectivity index (χ0n) is 6.98. The summed E-state index contributed by atoms with van der Waals surface area (Å²) in [6.07, 6.45) is 0. The van der Waals surface area contributed by atoms with Crippen molar-refractivity contribution in [1.82, 2.24) is 4.98 Å². The molecule has 0 saturated heterocycles. The van der Waals surface area contributed by atoms with Gasteiger partial charge in [-0.25, -0.2) is 4.98 Å². The SMILES string of the molecule is CNc1ccc(Cl)nc1C(C)=N. The second-order valence-corrected chi connectivity index (χ2v) is 2.79. The van der Waals surface area contributed by atoms with Crippen LogP contribution in [0.3, 0.4) is 0 Å². The molecule has 0 aliphatic rings. The highest BCUT2D eigenvalue weighted by Gasteiger charge is 2.04. The fourth-order valence-corrected chi connectivity index (χ4v) is 1.07. The molecule has 1 rings (SSSR count). The van der Waals surface area contributed by atoms with Gasteiger partial charge in [-0.2, -0.15) is 0 Å². The van der Waals surface area contributed by atoms with Gasteiger partial charge >= 0.3 is 0 Å². The Labute approximate surface area is 76.3 Å². The largest absolute Gasteiger partial charge is 0.386 e. The molecule has 0 saturated carbocycles. The van der Waals surface area contributed by atoms with Crippen molar-refractivity contribution in [3.05, 3.63) is 23.0 Å². The highest BCUT2D eigenvalue weighted by Crippen LogP contribution is 2.16. The van der Waals surface area contributed by atoms with Crippen molar-refractivity contribution in [3.8, 4) is 0 Å². The van der Waals surface area contributed by atoms with Crippen LogP contribution in [0.5, 0.6) is 0 Å². The quantitative estimate of drug-likeness (QED) is 0.545. The third-order valence-electron chi connectivity index (χ3n) is 1.49. The number of hydrogen-bond acceptors (Lipinski definition) is 3. The second kappa shape index (κ2) is 3.54. The monoisotopic (exact) mass is 183 g/mol. The second-order valence-electron chi connectivity index (χ2n) is 2.41. The molecule has 4 heteroatoms. The Balaban J connectivity index is 3.21. The van der Waals surface area contributed by atoms with Gasteiger partial charge in [0, 0.05) is 7.05 Å². The predicted octanol–water partition coefficient (Wildman–Crippen LogP) is 2.16. The molecule has 0 aromatic carbocycles. The smallest absolute Gasteiger partial charge is 0.129 e. The Morgan fingerprint density at radius 1 is 1.58 bits per heavy atom. The summed E-state index contributed by atoms with van der Waals surface area (Å²) in [7, 11) is 1.79. The first-order chi connectivity index (χ1) is 5.65. The minimum atomic E-state index is 0.404. The molecule has 0 spiro atoms. The van der Waals surface area contributed by atoms with E-state index in [1.165, 1.54) is 0 Å². The van der Waals surface area contributed by atoms with Gasteiger partial charge in [0.25, 0.3) is 0 Å². The molecule has 2 N–H and O–H groups in total. The van der Waals surface area contributed by atoms with Crippen molar-refractivity contribution >= 4 is 23.0 Å². The molecule has 0 amide bonds. The van der Waals surface area contributed by atoms with E-state index in [9.17, 15) is 0 Å². The summed E-state index contributed by atoms with van der Waals surface area (Å²) < 4.78 is 0. The molecule has 64 valence electrons. The predicted molar refractivity (Wildman–Crippen MR) is 51.3 cm³/mol. The molecule has 0 fully saturated rings. The lowest BCUT2D eigenvalue weighted by atomic mass is 10.2. The maximum absolute atomic E-state index is 7.42. The average molecular weight is 184 g/mol. The lowest BCUT2D eigenvalue weighted by molar-refractivity contribution is 1.25. The van der Waals surface area contributed by atoms with Crippen molar-refractivity contribution in [1.29, 1.82) is 5.41 Å². The summed E-state index contributed by atoms with van der Waals surface area (Å²) >= 11 is 5.68.